The number of amides is 1. The van der Waals surface area contributed by atoms with Crippen LogP contribution < -0.4 is 5.32 Å². The molecule has 2 unspecified atom stereocenters. The Kier molecular flexibility index (Phi) is 60.5. The van der Waals surface area contributed by atoms with E-state index in [-0.39, 0.29) is 18.5 Å². The highest BCUT2D eigenvalue weighted by molar-refractivity contribution is 5.76. The van der Waals surface area contributed by atoms with Crippen molar-refractivity contribution < 1.29 is 24.5 Å². The van der Waals surface area contributed by atoms with Crippen LogP contribution in [0.15, 0.2) is 24.3 Å². The first kappa shape index (κ1) is 70.3. The van der Waals surface area contributed by atoms with Gasteiger partial charge in [-0.15, -0.1) is 0 Å². The second-order valence-electron chi connectivity index (χ2n) is 22.5. The molecule has 0 heterocycles. The van der Waals surface area contributed by atoms with Crippen LogP contribution in [0.25, 0.3) is 0 Å². The molecule has 0 spiro atoms. The maximum atomic E-state index is 12.4. The molecule has 426 valence electrons. The molecule has 3 N–H and O–H groups in total. The fraction of sp³-hybridized carbons (Fsp3) is 0.909. The Morgan fingerprint density at radius 1 is 0.389 bits per heavy atom. The van der Waals surface area contributed by atoms with Gasteiger partial charge in [0.25, 0.3) is 0 Å². The summed E-state index contributed by atoms with van der Waals surface area (Å²) in [6.45, 7) is 4.96. The molecule has 0 fully saturated rings. The van der Waals surface area contributed by atoms with E-state index in [1.54, 1.807) is 0 Å². The van der Waals surface area contributed by atoms with Crippen molar-refractivity contribution in [2.24, 2.45) is 0 Å². The van der Waals surface area contributed by atoms with Crippen LogP contribution in [0, 0.1) is 0 Å². The van der Waals surface area contributed by atoms with E-state index in [1.807, 2.05) is 0 Å². The van der Waals surface area contributed by atoms with Crippen LogP contribution in [-0.4, -0.2) is 47.4 Å². The van der Waals surface area contributed by atoms with Gasteiger partial charge in [-0.1, -0.05) is 314 Å². The first-order chi connectivity index (χ1) is 35.5. The number of allylic oxidation sites excluding steroid dienone is 4. The van der Waals surface area contributed by atoms with Crippen molar-refractivity contribution in [3.05, 3.63) is 24.3 Å². The molecule has 0 aliphatic carbocycles. The van der Waals surface area contributed by atoms with Crippen LogP contribution in [0.4, 0.5) is 0 Å². The molecule has 6 heteroatoms. The third kappa shape index (κ3) is 57.6. The Bertz CT molecular complexity index is 1120. The lowest BCUT2D eigenvalue weighted by molar-refractivity contribution is -0.143. The van der Waals surface area contributed by atoms with Gasteiger partial charge in [0, 0.05) is 12.8 Å². The van der Waals surface area contributed by atoms with Gasteiger partial charge in [0.05, 0.1) is 25.4 Å². The predicted octanol–water partition coefficient (Wildman–Crippen LogP) is 20.6. The minimum atomic E-state index is -0.665. The summed E-state index contributed by atoms with van der Waals surface area (Å²) in [6, 6.07) is -0.542. The zero-order valence-corrected chi connectivity index (χ0v) is 48.7. The Morgan fingerprint density at radius 2 is 0.694 bits per heavy atom. The van der Waals surface area contributed by atoms with E-state index in [9.17, 15) is 19.8 Å². The van der Waals surface area contributed by atoms with E-state index >= 15 is 0 Å². The average molecular weight is 1010 g/mol. The second kappa shape index (κ2) is 61.9. The lowest BCUT2D eigenvalue weighted by atomic mass is 10.0. The highest BCUT2D eigenvalue weighted by Gasteiger charge is 2.20. The minimum Gasteiger partial charge on any atom is -0.466 e. The number of ether oxygens (including phenoxy) is 1. The van der Waals surface area contributed by atoms with Gasteiger partial charge in [0.2, 0.25) is 5.91 Å². The molecule has 1 amide bonds. The number of hydrogen-bond donors (Lipinski definition) is 3. The van der Waals surface area contributed by atoms with Crippen molar-refractivity contribution in [2.45, 2.75) is 373 Å². The SMILES string of the molecule is CCCCCCCCCCCCCCCCCCCC(=O)OCCCCCCCCCCC/C=C\C/C=C\CCCCCCCCCCCCCC(=O)NC(CO)C(O)CCCCCCCCCCCCC. The van der Waals surface area contributed by atoms with E-state index in [0.717, 1.165) is 44.9 Å². The molecule has 72 heavy (non-hydrogen) atoms. The normalized spacial score (nSPS) is 12.7. The summed E-state index contributed by atoms with van der Waals surface area (Å²) in [5.74, 6) is -0.0229. The molecule has 0 aromatic rings. The molecule has 0 aliphatic rings. The van der Waals surface area contributed by atoms with Gasteiger partial charge in [-0.2, -0.15) is 0 Å². The summed E-state index contributed by atoms with van der Waals surface area (Å²) in [7, 11) is 0. The summed E-state index contributed by atoms with van der Waals surface area (Å²) >= 11 is 0. The van der Waals surface area contributed by atoms with Crippen molar-refractivity contribution in [3.63, 3.8) is 0 Å². The van der Waals surface area contributed by atoms with Gasteiger partial charge < -0.3 is 20.3 Å². The third-order valence-corrected chi connectivity index (χ3v) is 15.3. The van der Waals surface area contributed by atoms with Crippen LogP contribution in [0.2, 0.25) is 0 Å². The zero-order valence-electron chi connectivity index (χ0n) is 48.7. The summed E-state index contributed by atoms with van der Waals surface area (Å²) < 4.78 is 5.50. The van der Waals surface area contributed by atoms with E-state index in [4.69, 9.17) is 4.74 Å². The fourth-order valence-corrected chi connectivity index (χ4v) is 10.3. The Hall–Kier alpha value is -1.66. The van der Waals surface area contributed by atoms with Gasteiger partial charge in [0.1, 0.15) is 0 Å². The standard InChI is InChI=1S/C66H127NO5/c1-3-5-7-9-11-13-15-16-17-29-33-36-40-44-48-52-56-60-66(71)72-61-57-53-49-45-41-37-34-31-28-26-24-22-20-18-19-21-23-25-27-30-32-35-39-43-47-51-55-59-65(70)67-63(62-68)64(69)58-54-50-46-42-38-14-12-10-8-6-4-2/h18-19,22,24,63-64,68-69H,3-17,20-21,23,25-62H2,1-2H3,(H,67,70)/b19-18-,24-22-. The Morgan fingerprint density at radius 3 is 1.06 bits per heavy atom. The smallest absolute Gasteiger partial charge is 0.305 e. The van der Waals surface area contributed by atoms with Gasteiger partial charge in [0.15, 0.2) is 0 Å². The molecule has 0 rings (SSSR count). The summed E-state index contributed by atoms with van der Waals surface area (Å²) in [6.07, 6.45) is 76.4. The maximum absolute atomic E-state index is 12.4. The molecule has 0 radical (unpaired) electrons. The monoisotopic (exact) mass is 1010 g/mol. The number of aliphatic hydroxyl groups is 2. The van der Waals surface area contributed by atoms with E-state index in [0.29, 0.717) is 25.9 Å². The third-order valence-electron chi connectivity index (χ3n) is 15.3. The molecule has 0 aromatic heterocycles. The Labute approximate surface area is 450 Å². The first-order valence-electron chi connectivity index (χ1n) is 32.6. The fourth-order valence-electron chi connectivity index (χ4n) is 10.3. The largest absolute Gasteiger partial charge is 0.466 e. The molecule has 0 saturated carbocycles. The number of unbranched alkanes of at least 4 members (excludes halogenated alkanes) is 46. The number of rotatable bonds is 61. The number of esters is 1. The average Bonchev–Trinajstić information content (AvgIpc) is 3.38. The lowest BCUT2D eigenvalue weighted by Crippen LogP contribution is -2.45. The molecule has 0 aliphatic heterocycles. The van der Waals surface area contributed by atoms with Gasteiger partial charge >= 0.3 is 5.97 Å². The molecule has 0 bridgehead atoms. The Balaban J connectivity index is 3.38. The quantitative estimate of drug-likeness (QED) is 0.0320. The zero-order chi connectivity index (χ0) is 52.2. The molecule has 2 atom stereocenters. The van der Waals surface area contributed by atoms with Crippen LogP contribution in [0.3, 0.4) is 0 Å². The highest BCUT2D eigenvalue weighted by atomic mass is 16.5. The molecule has 0 aromatic carbocycles. The summed E-state index contributed by atoms with van der Waals surface area (Å²) in [5.41, 5.74) is 0. The van der Waals surface area contributed by atoms with E-state index in [2.05, 4.69) is 43.5 Å². The van der Waals surface area contributed by atoms with Gasteiger partial charge in [-0.05, 0) is 57.8 Å². The van der Waals surface area contributed by atoms with E-state index < -0.39 is 12.1 Å². The number of carbonyl (C=O) groups excluding carboxylic acids is 2. The summed E-state index contributed by atoms with van der Waals surface area (Å²) in [5, 5.41) is 23.2. The first-order valence-corrected chi connectivity index (χ1v) is 32.6. The molecule has 6 nitrogen and oxygen atoms in total. The van der Waals surface area contributed by atoms with Gasteiger partial charge in [-0.3, -0.25) is 9.59 Å². The topological polar surface area (TPSA) is 95.9 Å². The highest BCUT2D eigenvalue weighted by Crippen LogP contribution is 2.18. The second-order valence-corrected chi connectivity index (χ2v) is 22.5. The van der Waals surface area contributed by atoms with Gasteiger partial charge in [-0.25, -0.2) is 0 Å². The summed E-state index contributed by atoms with van der Waals surface area (Å²) in [4.78, 5) is 24.5. The van der Waals surface area contributed by atoms with Crippen LogP contribution in [0.1, 0.15) is 361 Å². The van der Waals surface area contributed by atoms with Crippen molar-refractivity contribution in [1.29, 1.82) is 0 Å². The number of nitrogens with one attached hydrogen (secondary N) is 1. The lowest BCUT2D eigenvalue weighted by Gasteiger charge is -2.22. The molecular formula is C66H127NO5. The van der Waals surface area contributed by atoms with Crippen molar-refractivity contribution >= 4 is 11.9 Å². The molecular weight excluding hydrogens is 887 g/mol. The van der Waals surface area contributed by atoms with Crippen LogP contribution in [-0.2, 0) is 14.3 Å². The van der Waals surface area contributed by atoms with Crippen molar-refractivity contribution in [2.75, 3.05) is 13.2 Å². The van der Waals surface area contributed by atoms with Crippen LogP contribution in [0.5, 0.6) is 0 Å². The number of hydrogen-bond acceptors (Lipinski definition) is 5. The van der Waals surface area contributed by atoms with Crippen molar-refractivity contribution in [3.8, 4) is 0 Å². The maximum Gasteiger partial charge on any atom is 0.305 e. The van der Waals surface area contributed by atoms with E-state index in [1.165, 1.54) is 283 Å². The minimum absolute atomic E-state index is 0.0150. The number of carbonyl (C=O) groups is 2. The van der Waals surface area contributed by atoms with Crippen LogP contribution >= 0.6 is 0 Å². The molecule has 0 saturated heterocycles. The predicted molar refractivity (Wildman–Crippen MR) is 315 cm³/mol. The van der Waals surface area contributed by atoms with Crippen molar-refractivity contribution in [1.82, 2.24) is 5.32 Å². The number of aliphatic hydroxyl groups excluding tert-OH is 2.